The maximum absolute atomic E-state index is 12.8. The van der Waals surface area contributed by atoms with Crippen LogP contribution < -0.4 is 5.56 Å². The van der Waals surface area contributed by atoms with Crippen LogP contribution in [0.25, 0.3) is 10.9 Å². The second-order valence-corrected chi connectivity index (χ2v) is 6.92. The number of ether oxygens (including phenoxy) is 2. The summed E-state index contributed by atoms with van der Waals surface area (Å²) < 4.78 is 12.7. The van der Waals surface area contributed by atoms with Crippen molar-refractivity contribution in [2.45, 2.75) is 32.6 Å². The maximum atomic E-state index is 12.8. The SMILES string of the molecule is Cc1nc2ccccc2c(=O)n1CC(=O)N1CCCC(C2OCCO2)C1. The van der Waals surface area contributed by atoms with Gasteiger partial charge in [-0.1, -0.05) is 12.1 Å². The van der Waals surface area contributed by atoms with E-state index in [1.165, 1.54) is 4.57 Å². The Balaban J connectivity index is 1.52. The molecule has 0 saturated carbocycles. The predicted molar refractivity (Wildman–Crippen MR) is 95.7 cm³/mol. The van der Waals surface area contributed by atoms with Crippen LogP contribution in [-0.2, 0) is 20.8 Å². The lowest BCUT2D eigenvalue weighted by Gasteiger charge is -2.34. The second kappa shape index (κ2) is 7.17. The molecule has 0 spiro atoms. The van der Waals surface area contributed by atoms with E-state index >= 15 is 0 Å². The highest BCUT2D eigenvalue weighted by Gasteiger charge is 2.32. The lowest BCUT2D eigenvalue weighted by atomic mass is 9.97. The number of benzene rings is 1. The average molecular weight is 357 g/mol. The molecule has 3 heterocycles. The number of carbonyl (C=O) groups excluding carboxylic acids is 1. The third kappa shape index (κ3) is 3.24. The van der Waals surface area contributed by atoms with Crippen LogP contribution >= 0.6 is 0 Å². The van der Waals surface area contributed by atoms with Crippen molar-refractivity contribution in [3.05, 3.63) is 40.4 Å². The molecule has 2 aliphatic rings. The summed E-state index contributed by atoms with van der Waals surface area (Å²) in [5, 5.41) is 0.537. The summed E-state index contributed by atoms with van der Waals surface area (Å²) in [5.74, 6) is 0.691. The zero-order valence-corrected chi connectivity index (χ0v) is 14.9. The Labute approximate surface area is 151 Å². The van der Waals surface area contributed by atoms with E-state index in [4.69, 9.17) is 9.47 Å². The van der Waals surface area contributed by atoms with Gasteiger partial charge >= 0.3 is 0 Å². The summed E-state index contributed by atoms with van der Waals surface area (Å²) in [5.41, 5.74) is 0.490. The van der Waals surface area contributed by atoms with Crippen molar-refractivity contribution in [3.8, 4) is 0 Å². The Morgan fingerprint density at radius 3 is 2.85 bits per heavy atom. The Hall–Kier alpha value is -2.25. The van der Waals surface area contributed by atoms with Crippen molar-refractivity contribution in [1.82, 2.24) is 14.5 Å². The predicted octanol–water partition coefficient (Wildman–Crippen LogP) is 1.32. The van der Waals surface area contributed by atoms with Gasteiger partial charge in [0.15, 0.2) is 6.29 Å². The van der Waals surface area contributed by atoms with E-state index in [1.54, 1.807) is 13.0 Å². The molecule has 0 radical (unpaired) electrons. The normalized spacial score (nSPS) is 21.4. The minimum absolute atomic E-state index is 0.0155. The standard InChI is InChI=1S/C19H23N3O4/c1-13-20-16-7-3-2-6-15(16)18(24)22(13)12-17(23)21-8-4-5-14(11-21)19-25-9-10-26-19/h2-3,6-7,14,19H,4-5,8-12H2,1H3. The lowest BCUT2D eigenvalue weighted by molar-refractivity contribution is -0.140. The first-order valence-electron chi connectivity index (χ1n) is 9.10. The summed E-state index contributed by atoms with van der Waals surface area (Å²) in [4.78, 5) is 31.9. The number of aryl methyl sites for hydroxylation is 1. The van der Waals surface area contributed by atoms with Crippen molar-refractivity contribution in [2.24, 2.45) is 5.92 Å². The molecular weight excluding hydrogens is 334 g/mol. The van der Waals surface area contributed by atoms with Gasteiger partial charge in [0.05, 0.1) is 24.1 Å². The number of para-hydroxylation sites is 1. The van der Waals surface area contributed by atoms with Crippen LogP contribution in [0.3, 0.4) is 0 Å². The molecule has 4 rings (SSSR count). The van der Waals surface area contributed by atoms with E-state index in [-0.39, 0.29) is 30.2 Å². The zero-order chi connectivity index (χ0) is 18.1. The van der Waals surface area contributed by atoms with Gasteiger partial charge in [-0.15, -0.1) is 0 Å². The molecule has 2 aromatic rings. The molecule has 138 valence electrons. The molecule has 1 aromatic heterocycles. The summed E-state index contributed by atoms with van der Waals surface area (Å²) >= 11 is 0. The van der Waals surface area contributed by atoms with E-state index in [9.17, 15) is 9.59 Å². The van der Waals surface area contributed by atoms with Gasteiger partial charge in [-0.3, -0.25) is 14.2 Å². The molecule has 2 fully saturated rings. The van der Waals surface area contributed by atoms with Crippen LogP contribution in [0.2, 0.25) is 0 Å². The molecule has 2 saturated heterocycles. The smallest absolute Gasteiger partial charge is 0.261 e. The number of aromatic nitrogens is 2. The minimum atomic E-state index is -0.211. The highest BCUT2D eigenvalue weighted by atomic mass is 16.7. The van der Waals surface area contributed by atoms with Gasteiger partial charge in [0.25, 0.3) is 5.56 Å². The van der Waals surface area contributed by atoms with Crippen LogP contribution in [0.4, 0.5) is 0 Å². The minimum Gasteiger partial charge on any atom is -0.350 e. The van der Waals surface area contributed by atoms with Crippen molar-refractivity contribution in [3.63, 3.8) is 0 Å². The summed E-state index contributed by atoms with van der Waals surface area (Å²) in [7, 11) is 0. The number of rotatable bonds is 3. The Morgan fingerprint density at radius 1 is 1.27 bits per heavy atom. The molecule has 0 bridgehead atoms. The molecule has 1 atom stereocenters. The molecule has 1 unspecified atom stereocenters. The van der Waals surface area contributed by atoms with Crippen molar-refractivity contribution in [2.75, 3.05) is 26.3 Å². The van der Waals surface area contributed by atoms with Gasteiger partial charge in [-0.05, 0) is 31.9 Å². The number of piperidine rings is 1. The fraction of sp³-hybridized carbons (Fsp3) is 0.526. The fourth-order valence-electron chi connectivity index (χ4n) is 3.81. The number of amides is 1. The van der Waals surface area contributed by atoms with Gasteiger partial charge in [-0.25, -0.2) is 4.98 Å². The topological polar surface area (TPSA) is 73.7 Å². The molecule has 26 heavy (non-hydrogen) atoms. The lowest BCUT2D eigenvalue weighted by Crippen LogP contribution is -2.46. The zero-order valence-electron chi connectivity index (χ0n) is 14.9. The van der Waals surface area contributed by atoms with Crippen LogP contribution in [0.5, 0.6) is 0 Å². The monoisotopic (exact) mass is 357 g/mol. The van der Waals surface area contributed by atoms with Gasteiger partial charge in [0.1, 0.15) is 12.4 Å². The molecule has 7 heteroatoms. The fourth-order valence-corrected chi connectivity index (χ4v) is 3.81. The van der Waals surface area contributed by atoms with E-state index in [0.717, 1.165) is 12.8 Å². The summed E-state index contributed by atoms with van der Waals surface area (Å²) in [6.07, 6.45) is 1.70. The average Bonchev–Trinajstić information content (AvgIpc) is 3.20. The van der Waals surface area contributed by atoms with E-state index in [0.29, 0.717) is 43.0 Å². The number of hydrogen-bond donors (Lipinski definition) is 0. The Bertz CT molecular complexity index is 873. The third-order valence-corrected chi connectivity index (χ3v) is 5.19. The molecule has 0 aliphatic carbocycles. The van der Waals surface area contributed by atoms with Crippen LogP contribution in [0.1, 0.15) is 18.7 Å². The van der Waals surface area contributed by atoms with Crippen LogP contribution in [0, 0.1) is 12.8 Å². The van der Waals surface area contributed by atoms with E-state index in [2.05, 4.69) is 4.98 Å². The highest BCUT2D eigenvalue weighted by Crippen LogP contribution is 2.25. The third-order valence-electron chi connectivity index (χ3n) is 5.19. The van der Waals surface area contributed by atoms with Gasteiger partial charge in [0, 0.05) is 19.0 Å². The molecule has 7 nitrogen and oxygen atoms in total. The van der Waals surface area contributed by atoms with Crippen molar-refractivity contribution in [1.29, 1.82) is 0 Å². The Kier molecular flexibility index (Phi) is 4.74. The highest BCUT2D eigenvalue weighted by molar-refractivity contribution is 5.79. The Morgan fingerprint density at radius 2 is 2.04 bits per heavy atom. The van der Waals surface area contributed by atoms with Gasteiger partial charge in [-0.2, -0.15) is 0 Å². The first-order chi connectivity index (χ1) is 12.6. The number of carbonyl (C=O) groups is 1. The largest absolute Gasteiger partial charge is 0.350 e. The quantitative estimate of drug-likeness (QED) is 0.828. The molecule has 2 aliphatic heterocycles. The number of likely N-dealkylation sites (tertiary alicyclic amines) is 1. The first-order valence-corrected chi connectivity index (χ1v) is 9.10. The summed E-state index contributed by atoms with van der Waals surface area (Å²) in [6, 6.07) is 7.22. The first kappa shape index (κ1) is 17.2. The second-order valence-electron chi connectivity index (χ2n) is 6.92. The number of fused-ring (bicyclic) bond motifs is 1. The van der Waals surface area contributed by atoms with Crippen molar-refractivity contribution < 1.29 is 14.3 Å². The summed E-state index contributed by atoms with van der Waals surface area (Å²) in [6.45, 7) is 4.33. The molecule has 1 amide bonds. The van der Waals surface area contributed by atoms with E-state index in [1.807, 2.05) is 23.1 Å². The number of hydrogen-bond acceptors (Lipinski definition) is 5. The van der Waals surface area contributed by atoms with Crippen LogP contribution in [0.15, 0.2) is 29.1 Å². The van der Waals surface area contributed by atoms with Crippen LogP contribution in [-0.4, -0.2) is 53.0 Å². The van der Waals surface area contributed by atoms with E-state index < -0.39 is 0 Å². The van der Waals surface area contributed by atoms with Gasteiger partial charge in [0.2, 0.25) is 5.91 Å². The molecule has 0 N–H and O–H groups in total. The molecule has 1 aromatic carbocycles. The molecular formula is C19H23N3O4. The van der Waals surface area contributed by atoms with Gasteiger partial charge < -0.3 is 14.4 Å². The number of nitrogens with zero attached hydrogens (tertiary/aromatic N) is 3. The van der Waals surface area contributed by atoms with Crippen molar-refractivity contribution >= 4 is 16.8 Å². The maximum Gasteiger partial charge on any atom is 0.261 e.